The van der Waals surface area contributed by atoms with Crippen LogP contribution in [0.1, 0.15) is 60.4 Å². The van der Waals surface area contributed by atoms with Crippen LogP contribution < -0.4 is 16.0 Å². The van der Waals surface area contributed by atoms with Crippen LogP contribution in [0.2, 0.25) is 5.02 Å². The molecule has 0 spiro atoms. The summed E-state index contributed by atoms with van der Waals surface area (Å²) in [5.74, 6) is 0.447. The number of aliphatic hydroxyl groups excluding tert-OH is 1. The van der Waals surface area contributed by atoms with Crippen molar-refractivity contribution in [2.24, 2.45) is 0 Å². The lowest BCUT2D eigenvalue weighted by Crippen LogP contribution is -2.55. The minimum atomic E-state index is -0.404. The molecule has 2 aliphatic carbocycles. The van der Waals surface area contributed by atoms with Crippen LogP contribution in [-0.4, -0.2) is 29.4 Å². The molecule has 154 valence electrons. The van der Waals surface area contributed by atoms with Crippen LogP contribution in [0.15, 0.2) is 48.5 Å². The van der Waals surface area contributed by atoms with Crippen molar-refractivity contribution < 1.29 is 9.90 Å². The molecule has 2 saturated carbocycles. The fourth-order valence-electron chi connectivity index (χ4n) is 3.95. The Morgan fingerprint density at radius 3 is 2.34 bits per heavy atom. The van der Waals surface area contributed by atoms with E-state index in [9.17, 15) is 9.90 Å². The van der Waals surface area contributed by atoms with Crippen LogP contribution in [-0.2, 0) is 0 Å². The largest absolute Gasteiger partial charge is 0.393 e. The molecule has 2 aliphatic rings. The standard InChI is InChI=1S/C23H28ClN3O2/c24-17-9-7-16(8-10-17)22(29)27-23(25-18-11-13-19(28)14-12-18)26-21-4-2-1-3-20(21)15-5-6-15/h1-4,7-10,15,18-19,23,25-26,28H,5-6,11-14H2,(H,27,29). The van der Waals surface area contributed by atoms with Gasteiger partial charge in [-0.2, -0.15) is 0 Å². The zero-order valence-electron chi connectivity index (χ0n) is 16.4. The molecular weight excluding hydrogens is 386 g/mol. The minimum Gasteiger partial charge on any atom is -0.393 e. The van der Waals surface area contributed by atoms with Gasteiger partial charge in [-0.1, -0.05) is 29.8 Å². The van der Waals surface area contributed by atoms with Crippen molar-refractivity contribution in [2.75, 3.05) is 5.32 Å². The Morgan fingerprint density at radius 2 is 1.66 bits per heavy atom. The number of para-hydroxylation sites is 1. The van der Waals surface area contributed by atoms with E-state index < -0.39 is 6.29 Å². The van der Waals surface area contributed by atoms with Gasteiger partial charge in [0.2, 0.25) is 0 Å². The quantitative estimate of drug-likeness (QED) is 0.512. The molecule has 2 fully saturated rings. The number of hydrogen-bond acceptors (Lipinski definition) is 4. The minimum absolute atomic E-state index is 0.161. The SMILES string of the molecule is O=C(NC(Nc1ccccc1C1CC1)NC1CCC(O)CC1)c1ccc(Cl)cc1. The third kappa shape index (κ3) is 5.50. The molecule has 4 N–H and O–H groups in total. The summed E-state index contributed by atoms with van der Waals surface area (Å²) >= 11 is 5.95. The number of nitrogens with one attached hydrogen (secondary N) is 3. The summed E-state index contributed by atoms with van der Waals surface area (Å²) in [4.78, 5) is 12.8. The van der Waals surface area contributed by atoms with Gasteiger partial charge in [-0.3, -0.25) is 10.1 Å². The van der Waals surface area contributed by atoms with E-state index in [-0.39, 0.29) is 18.1 Å². The summed E-state index contributed by atoms with van der Waals surface area (Å²) in [6.45, 7) is 0. The molecule has 2 aromatic rings. The highest BCUT2D eigenvalue weighted by atomic mass is 35.5. The van der Waals surface area contributed by atoms with E-state index in [4.69, 9.17) is 11.6 Å². The second kappa shape index (κ2) is 9.16. The third-order valence-electron chi connectivity index (χ3n) is 5.76. The number of carbonyl (C=O) groups excluding carboxylic acids is 1. The Balaban J connectivity index is 1.49. The van der Waals surface area contributed by atoms with E-state index in [1.165, 1.54) is 18.4 Å². The third-order valence-corrected chi connectivity index (χ3v) is 6.01. The molecule has 5 nitrogen and oxygen atoms in total. The molecule has 29 heavy (non-hydrogen) atoms. The highest BCUT2D eigenvalue weighted by Gasteiger charge is 2.28. The Hall–Kier alpha value is -2.08. The van der Waals surface area contributed by atoms with E-state index in [1.807, 2.05) is 6.07 Å². The normalized spacial score (nSPS) is 22.7. The van der Waals surface area contributed by atoms with Gasteiger partial charge in [0.15, 0.2) is 6.29 Å². The van der Waals surface area contributed by atoms with E-state index in [2.05, 4.69) is 34.1 Å². The fourth-order valence-corrected chi connectivity index (χ4v) is 4.07. The lowest BCUT2D eigenvalue weighted by molar-refractivity contribution is 0.0912. The fraction of sp³-hybridized carbons (Fsp3) is 0.435. The number of anilines is 1. The topological polar surface area (TPSA) is 73.4 Å². The first-order valence-corrected chi connectivity index (χ1v) is 10.8. The molecular formula is C23H28ClN3O2. The summed E-state index contributed by atoms with van der Waals surface area (Å²) in [5, 5.41) is 20.5. The molecule has 0 bridgehead atoms. The average Bonchev–Trinajstić information content (AvgIpc) is 3.56. The summed E-state index contributed by atoms with van der Waals surface area (Å²) in [7, 11) is 0. The van der Waals surface area contributed by atoms with Gasteiger partial charge in [0.05, 0.1) is 6.10 Å². The van der Waals surface area contributed by atoms with Gasteiger partial charge in [-0.15, -0.1) is 0 Å². The van der Waals surface area contributed by atoms with Crippen LogP contribution in [0, 0.1) is 0 Å². The van der Waals surface area contributed by atoms with Crippen LogP contribution in [0.25, 0.3) is 0 Å². The highest BCUT2D eigenvalue weighted by molar-refractivity contribution is 6.30. The summed E-state index contributed by atoms with van der Waals surface area (Å²) in [6, 6.07) is 15.5. The van der Waals surface area contributed by atoms with Gasteiger partial charge in [0, 0.05) is 22.3 Å². The Labute approximate surface area is 176 Å². The van der Waals surface area contributed by atoms with Gasteiger partial charge in [0.1, 0.15) is 0 Å². The summed E-state index contributed by atoms with van der Waals surface area (Å²) < 4.78 is 0. The van der Waals surface area contributed by atoms with E-state index in [0.717, 1.165) is 31.4 Å². The molecule has 1 unspecified atom stereocenters. The molecule has 1 atom stereocenters. The number of hydrogen-bond donors (Lipinski definition) is 4. The van der Waals surface area contributed by atoms with Crippen LogP contribution in [0.4, 0.5) is 5.69 Å². The molecule has 0 saturated heterocycles. The maximum Gasteiger partial charge on any atom is 0.253 e. The van der Waals surface area contributed by atoms with Gasteiger partial charge in [0.25, 0.3) is 5.91 Å². The lowest BCUT2D eigenvalue weighted by Gasteiger charge is -2.32. The van der Waals surface area contributed by atoms with Gasteiger partial charge in [-0.25, -0.2) is 0 Å². The Morgan fingerprint density at radius 1 is 0.966 bits per heavy atom. The summed E-state index contributed by atoms with van der Waals surface area (Å²) in [5.41, 5.74) is 2.93. The molecule has 1 amide bonds. The smallest absolute Gasteiger partial charge is 0.253 e. The van der Waals surface area contributed by atoms with Crippen LogP contribution >= 0.6 is 11.6 Å². The van der Waals surface area contributed by atoms with Crippen molar-refractivity contribution in [3.8, 4) is 0 Å². The first kappa shape index (κ1) is 20.2. The first-order valence-electron chi connectivity index (χ1n) is 10.4. The zero-order chi connectivity index (χ0) is 20.2. The maximum atomic E-state index is 12.8. The average molecular weight is 414 g/mol. The highest BCUT2D eigenvalue weighted by Crippen LogP contribution is 2.43. The molecule has 4 rings (SSSR count). The molecule has 6 heteroatoms. The molecule has 0 aliphatic heterocycles. The maximum absolute atomic E-state index is 12.8. The predicted molar refractivity (Wildman–Crippen MR) is 116 cm³/mol. The number of rotatable bonds is 7. The number of benzene rings is 2. The van der Waals surface area contributed by atoms with Crippen molar-refractivity contribution in [3.63, 3.8) is 0 Å². The number of halogens is 1. The second-order valence-corrected chi connectivity index (χ2v) is 8.53. The van der Waals surface area contributed by atoms with Gasteiger partial charge in [-0.05, 0) is 80.3 Å². The molecule has 0 aromatic heterocycles. The van der Waals surface area contributed by atoms with E-state index in [0.29, 0.717) is 16.5 Å². The van der Waals surface area contributed by atoms with Crippen molar-refractivity contribution in [1.29, 1.82) is 0 Å². The Bertz CT molecular complexity index is 830. The number of carbonyl (C=O) groups is 1. The van der Waals surface area contributed by atoms with Crippen molar-refractivity contribution in [2.45, 2.75) is 62.9 Å². The monoisotopic (exact) mass is 413 g/mol. The van der Waals surface area contributed by atoms with Crippen molar-refractivity contribution in [3.05, 3.63) is 64.7 Å². The zero-order valence-corrected chi connectivity index (χ0v) is 17.2. The van der Waals surface area contributed by atoms with Crippen molar-refractivity contribution >= 4 is 23.2 Å². The number of amides is 1. The van der Waals surface area contributed by atoms with E-state index in [1.54, 1.807) is 24.3 Å². The first-order chi connectivity index (χ1) is 14.1. The predicted octanol–water partition coefficient (Wildman–Crippen LogP) is 4.24. The number of aliphatic hydroxyl groups is 1. The van der Waals surface area contributed by atoms with Crippen LogP contribution in [0.5, 0.6) is 0 Å². The second-order valence-electron chi connectivity index (χ2n) is 8.09. The van der Waals surface area contributed by atoms with E-state index >= 15 is 0 Å². The molecule has 0 radical (unpaired) electrons. The van der Waals surface area contributed by atoms with Gasteiger partial charge >= 0.3 is 0 Å². The lowest BCUT2D eigenvalue weighted by atomic mass is 9.93. The Kier molecular flexibility index (Phi) is 6.38. The molecule has 0 heterocycles. The van der Waals surface area contributed by atoms with Crippen molar-refractivity contribution in [1.82, 2.24) is 10.6 Å². The van der Waals surface area contributed by atoms with Gasteiger partial charge < -0.3 is 15.7 Å². The van der Waals surface area contributed by atoms with Crippen LogP contribution in [0.3, 0.4) is 0 Å². The molecule has 2 aromatic carbocycles. The summed E-state index contributed by atoms with van der Waals surface area (Å²) in [6.07, 6.45) is 5.17.